The van der Waals surface area contributed by atoms with E-state index in [0.29, 0.717) is 5.92 Å². The maximum atomic E-state index is 6.42. The molecule has 1 aliphatic carbocycles. The fourth-order valence-corrected chi connectivity index (χ4v) is 4.28. The number of aromatic nitrogens is 2. The predicted molar refractivity (Wildman–Crippen MR) is 122 cm³/mol. The van der Waals surface area contributed by atoms with Crippen LogP contribution in [-0.2, 0) is 0 Å². The van der Waals surface area contributed by atoms with E-state index in [9.17, 15) is 0 Å². The Bertz CT molecular complexity index is 1040. The van der Waals surface area contributed by atoms with Crippen molar-refractivity contribution >= 4 is 39.7 Å². The fraction of sp³-hybridized carbons (Fsp3) is 0.391. The lowest BCUT2D eigenvalue weighted by atomic mass is 10.1. The van der Waals surface area contributed by atoms with Crippen LogP contribution in [0.3, 0.4) is 0 Å². The Balaban J connectivity index is 1.47. The average Bonchev–Trinajstić information content (AvgIpc) is 3.58. The molecule has 1 aromatic heterocycles. The molecule has 0 N–H and O–H groups in total. The first kappa shape index (κ1) is 18.5. The lowest BCUT2D eigenvalue weighted by Gasteiger charge is -2.37. The summed E-state index contributed by atoms with van der Waals surface area (Å²) in [6, 6.07) is 14.6. The lowest BCUT2D eigenvalue weighted by molar-refractivity contribution is 0.647. The van der Waals surface area contributed by atoms with Crippen molar-refractivity contribution in [3.05, 3.63) is 53.3 Å². The van der Waals surface area contributed by atoms with Crippen LogP contribution in [-0.4, -0.2) is 50.2 Å². The molecule has 1 saturated carbocycles. The molecule has 2 aromatic carbocycles. The topological polar surface area (TPSA) is 35.5 Å². The monoisotopic (exact) mass is 407 g/mol. The van der Waals surface area contributed by atoms with E-state index in [0.717, 1.165) is 59.4 Å². The van der Waals surface area contributed by atoms with E-state index in [1.165, 1.54) is 18.5 Å². The summed E-state index contributed by atoms with van der Waals surface area (Å²) in [4.78, 5) is 16.9. The highest BCUT2D eigenvalue weighted by Gasteiger charge is 2.29. The summed E-state index contributed by atoms with van der Waals surface area (Å²) in [7, 11) is 4.14. The molecule has 0 bridgehead atoms. The Kier molecular flexibility index (Phi) is 4.70. The van der Waals surface area contributed by atoms with Gasteiger partial charge in [-0.2, -0.15) is 0 Å². The molecule has 0 unspecified atom stereocenters. The van der Waals surface area contributed by atoms with Crippen molar-refractivity contribution in [2.45, 2.75) is 18.8 Å². The summed E-state index contributed by atoms with van der Waals surface area (Å²) < 4.78 is 0. The Morgan fingerprint density at radius 2 is 1.66 bits per heavy atom. The minimum absolute atomic E-state index is 0.538. The average molecular weight is 408 g/mol. The van der Waals surface area contributed by atoms with E-state index in [1.807, 2.05) is 12.1 Å². The largest absolute Gasteiger partial charge is 0.378 e. The van der Waals surface area contributed by atoms with Gasteiger partial charge in [-0.05, 0) is 43.2 Å². The lowest BCUT2D eigenvalue weighted by Crippen LogP contribution is -2.47. The summed E-state index contributed by atoms with van der Waals surface area (Å²) >= 11 is 6.42. The van der Waals surface area contributed by atoms with E-state index in [4.69, 9.17) is 21.6 Å². The summed E-state index contributed by atoms with van der Waals surface area (Å²) in [5, 5.41) is 1.96. The number of anilines is 3. The zero-order valence-corrected chi connectivity index (χ0v) is 17.7. The number of nitrogens with zero attached hydrogens (tertiary/aromatic N) is 5. The first-order chi connectivity index (χ1) is 14.1. The molecule has 0 radical (unpaired) electrons. The first-order valence-corrected chi connectivity index (χ1v) is 10.7. The minimum Gasteiger partial charge on any atom is -0.378 e. The van der Waals surface area contributed by atoms with Crippen LogP contribution in [0.25, 0.3) is 10.9 Å². The molecule has 1 saturated heterocycles. The number of para-hydroxylation sites is 1. The Morgan fingerprint density at radius 3 is 2.34 bits per heavy atom. The third-order valence-electron chi connectivity index (χ3n) is 5.91. The van der Waals surface area contributed by atoms with E-state index in [-0.39, 0.29) is 0 Å². The van der Waals surface area contributed by atoms with Gasteiger partial charge in [-0.15, -0.1) is 0 Å². The van der Waals surface area contributed by atoms with Crippen molar-refractivity contribution in [2.24, 2.45) is 0 Å². The maximum Gasteiger partial charge on any atom is 0.140 e. The molecular weight excluding hydrogens is 382 g/mol. The maximum absolute atomic E-state index is 6.42. The van der Waals surface area contributed by atoms with E-state index >= 15 is 0 Å². The summed E-state index contributed by atoms with van der Waals surface area (Å²) in [6.45, 7) is 3.71. The number of hydrogen-bond donors (Lipinski definition) is 0. The number of fused-ring (bicyclic) bond motifs is 1. The Morgan fingerprint density at radius 1 is 0.931 bits per heavy atom. The van der Waals surface area contributed by atoms with Crippen molar-refractivity contribution in [2.75, 3.05) is 55.0 Å². The van der Waals surface area contributed by atoms with Gasteiger partial charge in [-0.3, -0.25) is 0 Å². The molecule has 2 fully saturated rings. The normalized spacial score (nSPS) is 17.1. The predicted octanol–water partition coefficient (Wildman–Crippen LogP) is 4.55. The highest BCUT2D eigenvalue weighted by atomic mass is 35.5. The molecule has 3 aromatic rings. The molecule has 2 aliphatic rings. The molecule has 0 amide bonds. The molecule has 5 rings (SSSR count). The third-order valence-corrected chi connectivity index (χ3v) is 6.23. The van der Waals surface area contributed by atoms with Gasteiger partial charge in [0.1, 0.15) is 11.6 Å². The highest BCUT2D eigenvalue weighted by Crippen LogP contribution is 2.40. The summed E-state index contributed by atoms with van der Waals surface area (Å²) in [5.41, 5.74) is 3.35. The molecule has 150 valence electrons. The number of piperazine rings is 1. The van der Waals surface area contributed by atoms with Crippen molar-refractivity contribution in [1.29, 1.82) is 0 Å². The van der Waals surface area contributed by atoms with Gasteiger partial charge < -0.3 is 14.7 Å². The van der Waals surface area contributed by atoms with Crippen molar-refractivity contribution < 1.29 is 0 Å². The van der Waals surface area contributed by atoms with Gasteiger partial charge in [0.05, 0.1) is 16.2 Å². The number of benzene rings is 2. The molecule has 29 heavy (non-hydrogen) atoms. The molecule has 0 spiro atoms. The smallest absolute Gasteiger partial charge is 0.140 e. The third kappa shape index (κ3) is 3.60. The van der Waals surface area contributed by atoms with Gasteiger partial charge in [0, 0.05) is 57.3 Å². The first-order valence-electron chi connectivity index (χ1n) is 10.3. The van der Waals surface area contributed by atoms with E-state index < -0.39 is 0 Å². The van der Waals surface area contributed by atoms with Crippen molar-refractivity contribution in [3.8, 4) is 0 Å². The Labute approximate surface area is 176 Å². The van der Waals surface area contributed by atoms with Crippen LogP contribution in [0.5, 0.6) is 0 Å². The second-order valence-electron chi connectivity index (χ2n) is 8.20. The van der Waals surface area contributed by atoms with Crippen LogP contribution in [0.2, 0.25) is 5.02 Å². The summed E-state index contributed by atoms with van der Waals surface area (Å²) in [6.07, 6.45) is 2.42. The highest BCUT2D eigenvalue weighted by molar-refractivity contribution is 6.33. The van der Waals surface area contributed by atoms with Crippen molar-refractivity contribution in [1.82, 2.24) is 9.97 Å². The van der Waals surface area contributed by atoms with Crippen LogP contribution < -0.4 is 14.7 Å². The van der Waals surface area contributed by atoms with Crippen LogP contribution in [0.4, 0.5) is 17.2 Å². The van der Waals surface area contributed by atoms with Gasteiger partial charge in [0.15, 0.2) is 0 Å². The number of hydrogen-bond acceptors (Lipinski definition) is 5. The Hall–Kier alpha value is -2.53. The van der Waals surface area contributed by atoms with E-state index in [2.05, 4.69) is 59.1 Å². The van der Waals surface area contributed by atoms with Gasteiger partial charge in [0.2, 0.25) is 0 Å². The number of halogens is 1. The van der Waals surface area contributed by atoms with Crippen LogP contribution in [0.15, 0.2) is 42.5 Å². The molecule has 6 heteroatoms. The second kappa shape index (κ2) is 7.38. The van der Waals surface area contributed by atoms with Crippen molar-refractivity contribution in [3.63, 3.8) is 0 Å². The van der Waals surface area contributed by atoms with Crippen LogP contribution >= 0.6 is 11.6 Å². The SMILES string of the molecule is CN(C)c1ccc2nc(C3CC3)nc(N3CCN(c4ccccc4Cl)CC3)c2c1. The molecule has 2 heterocycles. The zero-order chi connectivity index (χ0) is 20.0. The molecule has 0 atom stereocenters. The van der Waals surface area contributed by atoms with Gasteiger partial charge in [-0.25, -0.2) is 9.97 Å². The van der Waals surface area contributed by atoms with Gasteiger partial charge in [-0.1, -0.05) is 23.7 Å². The van der Waals surface area contributed by atoms with Gasteiger partial charge in [0.25, 0.3) is 0 Å². The standard InChI is InChI=1S/C23H26ClN5/c1-27(2)17-9-10-20-18(15-17)23(26-22(25-20)16-7-8-16)29-13-11-28(12-14-29)21-6-4-3-5-19(21)24/h3-6,9-10,15-16H,7-8,11-14H2,1-2H3. The van der Waals surface area contributed by atoms with E-state index in [1.54, 1.807) is 0 Å². The van der Waals surface area contributed by atoms with Crippen LogP contribution in [0, 0.1) is 0 Å². The number of rotatable bonds is 4. The molecule has 1 aliphatic heterocycles. The fourth-order valence-electron chi connectivity index (χ4n) is 4.03. The zero-order valence-electron chi connectivity index (χ0n) is 17.0. The quantitative estimate of drug-likeness (QED) is 0.633. The second-order valence-corrected chi connectivity index (χ2v) is 8.61. The van der Waals surface area contributed by atoms with Gasteiger partial charge >= 0.3 is 0 Å². The molecule has 5 nitrogen and oxygen atoms in total. The minimum atomic E-state index is 0.538. The molecular formula is C23H26ClN5. The van der Waals surface area contributed by atoms with Crippen LogP contribution in [0.1, 0.15) is 24.6 Å². The summed E-state index contributed by atoms with van der Waals surface area (Å²) in [5.74, 6) is 2.63.